The van der Waals surface area contributed by atoms with Gasteiger partial charge in [0.1, 0.15) is 5.82 Å². The van der Waals surface area contributed by atoms with Gasteiger partial charge in [-0.15, -0.1) is 0 Å². The van der Waals surface area contributed by atoms with Crippen LogP contribution in [0.5, 0.6) is 11.5 Å². The second kappa shape index (κ2) is 7.05. The van der Waals surface area contributed by atoms with Gasteiger partial charge in [0.15, 0.2) is 11.5 Å². The molecule has 28 heavy (non-hydrogen) atoms. The molecule has 0 amide bonds. The molecule has 0 bridgehead atoms. The summed E-state index contributed by atoms with van der Waals surface area (Å²) in [6.07, 6.45) is 1.58. The van der Waals surface area contributed by atoms with Crippen LogP contribution < -0.4 is 19.5 Å². The first-order valence-electron chi connectivity index (χ1n) is 8.63. The number of anilines is 3. The summed E-state index contributed by atoms with van der Waals surface area (Å²) in [5, 5.41) is 3.28. The van der Waals surface area contributed by atoms with Crippen LogP contribution in [0, 0.1) is 13.8 Å². The quantitative estimate of drug-likeness (QED) is 0.677. The van der Waals surface area contributed by atoms with E-state index in [1.165, 1.54) is 17.7 Å². The Hall–Kier alpha value is -3.26. The zero-order valence-corrected chi connectivity index (χ0v) is 16.2. The normalized spacial score (nSPS) is 12.6. The molecule has 0 radical (unpaired) electrons. The van der Waals surface area contributed by atoms with E-state index in [-0.39, 0.29) is 17.5 Å². The van der Waals surface area contributed by atoms with Crippen LogP contribution in [-0.4, -0.2) is 20.2 Å². The highest BCUT2D eigenvalue weighted by Gasteiger charge is 2.20. The zero-order chi connectivity index (χ0) is 19.7. The molecule has 0 saturated heterocycles. The lowest BCUT2D eigenvalue weighted by atomic mass is 10.1. The lowest BCUT2D eigenvalue weighted by Crippen LogP contribution is -2.13. The average molecular weight is 397 g/mol. The molecule has 0 unspecified atom stereocenters. The smallest absolute Gasteiger partial charge is 0.263 e. The highest BCUT2D eigenvalue weighted by molar-refractivity contribution is 7.92. The Morgan fingerprint density at radius 1 is 0.964 bits per heavy atom. The maximum atomic E-state index is 12.6. The molecular formula is C20H19N3O4S. The first-order chi connectivity index (χ1) is 13.4. The minimum Gasteiger partial charge on any atom is -0.454 e. The summed E-state index contributed by atoms with van der Waals surface area (Å²) >= 11 is 0. The summed E-state index contributed by atoms with van der Waals surface area (Å²) in [7, 11) is -3.79. The number of aromatic nitrogens is 1. The van der Waals surface area contributed by atoms with Crippen molar-refractivity contribution in [3.8, 4) is 11.5 Å². The number of benzene rings is 2. The number of rotatable bonds is 5. The van der Waals surface area contributed by atoms with Crippen LogP contribution in [0.1, 0.15) is 11.1 Å². The molecule has 1 aliphatic rings. The molecule has 0 aliphatic carbocycles. The van der Waals surface area contributed by atoms with Gasteiger partial charge in [-0.25, -0.2) is 13.4 Å². The van der Waals surface area contributed by atoms with E-state index in [1.54, 1.807) is 24.4 Å². The molecule has 3 aromatic rings. The summed E-state index contributed by atoms with van der Waals surface area (Å²) in [6, 6.07) is 14.0. The minimum absolute atomic E-state index is 0.0797. The molecule has 2 aromatic carbocycles. The van der Waals surface area contributed by atoms with Crippen molar-refractivity contribution in [2.75, 3.05) is 16.8 Å². The number of nitrogens with one attached hydrogen (secondary N) is 2. The van der Waals surface area contributed by atoms with Crippen LogP contribution in [0.25, 0.3) is 0 Å². The number of ether oxygens (including phenoxy) is 2. The molecule has 8 heteroatoms. The number of sulfonamides is 1. The Kier molecular flexibility index (Phi) is 4.56. The molecule has 7 nitrogen and oxygen atoms in total. The van der Waals surface area contributed by atoms with Crippen LogP contribution in [0.3, 0.4) is 0 Å². The monoisotopic (exact) mass is 397 g/mol. The molecule has 1 aliphatic heterocycles. The highest BCUT2D eigenvalue weighted by Crippen LogP contribution is 2.34. The molecule has 4 rings (SSSR count). The van der Waals surface area contributed by atoms with Gasteiger partial charge >= 0.3 is 0 Å². The summed E-state index contributed by atoms with van der Waals surface area (Å²) in [4.78, 5) is 4.28. The number of nitrogens with zero attached hydrogens (tertiary/aromatic N) is 1. The molecule has 2 N–H and O–H groups in total. The van der Waals surface area contributed by atoms with E-state index < -0.39 is 10.0 Å². The summed E-state index contributed by atoms with van der Waals surface area (Å²) < 4.78 is 38.1. The maximum absolute atomic E-state index is 12.6. The van der Waals surface area contributed by atoms with Crippen molar-refractivity contribution in [2.45, 2.75) is 18.7 Å². The van der Waals surface area contributed by atoms with Crippen LogP contribution >= 0.6 is 0 Å². The lowest BCUT2D eigenvalue weighted by Gasteiger charge is -2.11. The third-order valence-corrected chi connectivity index (χ3v) is 5.67. The largest absolute Gasteiger partial charge is 0.454 e. The van der Waals surface area contributed by atoms with Gasteiger partial charge in [-0.05, 0) is 49.7 Å². The second-order valence-corrected chi connectivity index (χ2v) is 8.18. The third kappa shape index (κ3) is 3.72. The number of hydrogen-bond acceptors (Lipinski definition) is 6. The summed E-state index contributed by atoms with van der Waals surface area (Å²) in [5.41, 5.74) is 4.04. The first kappa shape index (κ1) is 18.1. The lowest BCUT2D eigenvalue weighted by molar-refractivity contribution is 0.174. The standard InChI is InChI=1S/C20H19N3O4S/c1-13-3-6-17(14(2)9-13)22-15-4-8-20(21-11-15)23-28(24,25)16-5-7-18-19(10-16)27-12-26-18/h3-11,22H,12H2,1-2H3,(H,21,23). The fourth-order valence-electron chi connectivity index (χ4n) is 2.88. The number of pyridine rings is 1. The molecule has 144 valence electrons. The second-order valence-electron chi connectivity index (χ2n) is 6.50. The van der Waals surface area contributed by atoms with Gasteiger partial charge in [0, 0.05) is 11.8 Å². The number of hydrogen-bond donors (Lipinski definition) is 2. The van der Waals surface area contributed by atoms with Gasteiger partial charge in [0.25, 0.3) is 10.0 Å². The topological polar surface area (TPSA) is 89.5 Å². The van der Waals surface area contributed by atoms with Crippen molar-refractivity contribution in [3.05, 3.63) is 65.9 Å². The Morgan fingerprint density at radius 3 is 2.54 bits per heavy atom. The van der Waals surface area contributed by atoms with Crippen molar-refractivity contribution >= 4 is 27.2 Å². The zero-order valence-electron chi connectivity index (χ0n) is 15.4. The Balaban J connectivity index is 1.49. The van der Waals surface area contributed by atoms with Gasteiger partial charge in [-0.3, -0.25) is 4.72 Å². The van der Waals surface area contributed by atoms with E-state index in [0.29, 0.717) is 11.5 Å². The van der Waals surface area contributed by atoms with E-state index in [9.17, 15) is 8.42 Å². The first-order valence-corrected chi connectivity index (χ1v) is 10.1. The number of aryl methyl sites for hydroxylation is 2. The minimum atomic E-state index is -3.79. The molecule has 2 heterocycles. The predicted octanol–water partition coefficient (Wildman–Crippen LogP) is 3.97. The van der Waals surface area contributed by atoms with Crippen molar-refractivity contribution in [1.82, 2.24) is 4.98 Å². The maximum Gasteiger partial charge on any atom is 0.263 e. The van der Waals surface area contributed by atoms with Crippen LogP contribution in [0.4, 0.5) is 17.2 Å². The van der Waals surface area contributed by atoms with Gasteiger partial charge in [0.2, 0.25) is 6.79 Å². The SMILES string of the molecule is Cc1ccc(Nc2ccc(NS(=O)(=O)c3ccc4c(c3)OCO4)nc2)c(C)c1. The van der Waals surface area contributed by atoms with Crippen molar-refractivity contribution in [3.63, 3.8) is 0 Å². The van der Waals surface area contributed by atoms with E-state index in [0.717, 1.165) is 16.9 Å². The fraction of sp³-hybridized carbons (Fsp3) is 0.150. The van der Waals surface area contributed by atoms with E-state index in [4.69, 9.17) is 9.47 Å². The van der Waals surface area contributed by atoms with Crippen molar-refractivity contribution in [1.29, 1.82) is 0 Å². The van der Waals surface area contributed by atoms with Crippen LogP contribution in [-0.2, 0) is 10.0 Å². The molecule has 0 atom stereocenters. The predicted molar refractivity (Wildman–Crippen MR) is 107 cm³/mol. The fourth-order valence-corrected chi connectivity index (χ4v) is 3.90. The van der Waals surface area contributed by atoms with E-state index in [1.807, 2.05) is 26.0 Å². The van der Waals surface area contributed by atoms with E-state index >= 15 is 0 Å². The third-order valence-electron chi connectivity index (χ3n) is 4.32. The molecule has 1 aromatic heterocycles. The van der Waals surface area contributed by atoms with Gasteiger partial charge < -0.3 is 14.8 Å². The Bertz CT molecular complexity index is 1130. The summed E-state index contributed by atoms with van der Waals surface area (Å²) in [6.45, 7) is 4.15. The van der Waals surface area contributed by atoms with Gasteiger partial charge in [-0.1, -0.05) is 17.7 Å². The van der Waals surface area contributed by atoms with Gasteiger partial charge in [0.05, 0.1) is 16.8 Å². The molecule has 0 spiro atoms. The number of fused-ring (bicyclic) bond motifs is 1. The molecule has 0 fully saturated rings. The highest BCUT2D eigenvalue weighted by atomic mass is 32.2. The average Bonchev–Trinajstić information content (AvgIpc) is 3.13. The Morgan fingerprint density at radius 2 is 1.79 bits per heavy atom. The Labute approximate surface area is 163 Å². The molecule has 0 saturated carbocycles. The molecular weight excluding hydrogens is 378 g/mol. The van der Waals surface area contributed by atoms with Crippen molar-refractivity contribution < 1.29 is 17.9 Å². The van der Waals surface area contributed by atoms with E-state index in [2.05, 4.69) is 21.1 Å². The summed E-state index contributed by atoms with van der Waals surface area (Å²) in [5.74, 6) is 1.16. The van der Waals surface area contributed by atoms with Gasteiger partial charge in [-0.2, -0.15) is 0 Å². The van der Waals surface area contributed by atoms with Crippen molar-refractivity contribution in [2.24, 2.45) is 0 Å². The van der Waals surface area contributed by atoms with Crippen LogP contribution in [0.2, 0.25) is 0 Å². The van der Waals surface area contributed by atoms with Crippen LogP contribution in [0.15, 0.2) is 59.6 Å².